The number of carbonyl (C=O) groups excluding carboxylic acids is 1. The summed E-state index contributed by atoms with van der Waals surface area (Å²) in [7, 11) is -2.25. The van der Waals surface area contributed by atoms with Gasteiger partial charge in [-0.15, -0.1) is 5.10 Å². The molecule has 0 aliphatic carbocycles. The van der Waals surface area contributed by atoms with Crippen molar-refractivity contribution in [3.63, 3.8) is 0 Å². The molecule has 3 aromatic carbocycles. The third-order valence-electron chi connectivity index (χ3n) is 6.78. The lowest BCUT2D eigenvalue weighted by atomic mass is 10.00. The number of amides is 2. The third-order valence-corrected chi connectivity index (χ3v) is 7.89. The van der Waals surface area contributed by atoms with Crippen LogP contribution in [0.5, 0.6) is 5.75 Å². The molecule has 5 aromatic rings. The fraction of sp³-hybridized carbons (Fsp3) is 0.133. The first-order valence-electron chi connectivity index (χ1n) is 12.9. The number of methoxy groups -OCH3 is 1. The van der Waals surface area contributed by atoms with Gasteiger partial charge in [-0.2, -0.15) is 4.98 Å². The molecule has 0 fully saturated rings. The average molecular weight is 604 g/mol. The maximum Gasteiger partial charge on any atom is 0.419 e. The number of nitrogens with zero attached hydrogens (tertiary/aromatic N) is 4. The Morgan fingerprint density at radius 3 is 2.30 bits per heavy atom. The van der Waals surface area contributed by atoms with Crippen LogP contribution in [-0.4, -0.2) is 53.5 Å². The quantitative estimate of drug-likeness (QED) is 0.237. The Bertz CT molecular complexity index is 1940. The van der Waals surface area contributed by atoms with Crippen molar-refractivity contribution in [2.75, 3.05) is 23.6 Å². The van der Waals surface area contributed by atoms with Crippen LogP contribution in [0.4, 0.5) is 26.5 Å². The molecule has 2 amide bonds. The summed E-state index contributed by atoms with van der Waals surface area (Å²) < 4.78 is 43.9. The number of halogens is 1. The first-order valence-corrected chi connectivity index (χ1v) is 14.8. The lowest BCUT2D eigenvalue weighted by Gasteiger charge is -2.18. The summed E-state index contributed by atoms with van der Waals surface area (Å²) in [5.41, 5.74) is 3.25. The number of hydrogen-bond acceptors (Lipinski definition) is 7. The van der Waals surface area contributed by atoms with Gasteiger partial charge in [0.05, 0.1) is 23.6 Å². The minimum Gasteiger partial charge on any atom is -0.495 e. The topological polar surface area (TPSA) is 143 Å². The van der Waals surface area contributed by atoms with Gasteiger partial charge >= 0.3 is 6.09 Å². The second-order valence-corrected chi connectivity index (χ2v) is 11.7. The third kappa shape index (κ3) is 6.16. The number of aromatic nitrogens is 3. The molecule has 0 unspecified atom stereocenters. The fourth-order valence-corrected chi connectivity index (χ4v) is 5.04. The van der Waals surface area contributed by atoms with Crippen LogP contribution in [-0.2, 0) is 14.6 Å². The van der Waals surface area contributed by atoms with E-state index in [9.17, 15) is 27.5 Å². The monoisotopic (exact) mass is 603 g/mol. The second-order valence-electron chi connectivity index (χ2n) is 9.70. The van der Waals surface area contributed by atoms with Crippen molar-refractivity contribution in [1.82, 2.24) is 14.6 Å². The van der Waals surface area contributed by atoms with Crippen molar-refractivity contribution >= 4 is 44.8 Å². The molecule has 2 aromatic heterocycles. The number of sulfone groups is 1. The van der Waals surface area contributed by atoms with E-state index in [2.05, 4.69) is 15.4 Å². The van der Waals surface area contributed by atoms with Crippen LogP contribution in [0.1, 0.15) is 18.4 Å². The molecule has 220 valence electrons. The molecule has 11 nitrogen and oxygen atoms in total. The van der Waals surface area contributed by atoms with Crippen molar-refractivity contribution in [2.45, 2.75) is 17.7 Å². The van der Waals surface area contributed by atoms with Crippen LogP contribution < -0.4 is 15.0 Å². The number of rotatable bonds is 8. The van der Waals surface area contributed by atoms with E-state index in [-0.39, 0.29) is 34.0 Å². The molecule has 5 rings (SSSR count). The number of carboxylic acid groups (broad SMARTS) is 1. The first-order chi connectivity index (χ1) is 20.4. The summed E-state index contributed by atoms with van der Waals surface area (Å²) >= 11 is 0. The Balaban J connectivity index is 1.38. The van der Waals surface area contributed by atoms with E-state index in [1.165, 1.54) is 42.0 Å². The maximum atomic E-state index is 13.2. The Hall–Kier alpha value is -5.30. The Morgan fingerprint density at radius 1 is 1.00 bits per heavy atom. The van der Waals surface area contributed by atoms with E-state index < -0.39 is 21.8 Å². The zero-order valence-electron chi connectivity index (χ0n) is 23.2. The van der Waals surface area contributed by atoms with Crippen molar-refractivity contribution in [3.8, 4) is 16.9 Å². The molecule has 0 saturated heterocycles. The molecule has 0 bridgehead atoms. The number of benzene rings is 3. The largest absolute Gasteiger partial charge is 0.495 e. The molecule has 2 N–H and O–H groups in total. The minimum absolute atomic E-state index is 0.0177. The fourth-order valence-electron chi connectivity index (χ4n) is 4.41. The number of anilines is 3. The summed E-state index contributed by atoms with van der Waals surface area (Å²) in [6.45, 7) is 1.74. The minimum atomic E-state index is -3.55. The molecule has 0 aliphatic heterocycles. The standard InChI is InChI=1S/C30H26FN5O6S/c1-18(19-4-9-22(31)10-5-19)28(37)32-23-11-6-20(7-12-23)21-8-15-27-33-29(34-35(27)17-21)36(30(38)39)25-14-13-24(43(3,40)41)16-26(25)42-2/h4-18H,1-3H3,(H,32,37)(H,38,39)/t18-/m1/s1. The molecular formula is C30H26FN5O6S. The van der Waals surface area contributed by atoms with E-state index in [0.717, 1.165) is 22.3 Å². The first kappa shape index (κ1) is 29.2. The maximum absolute atomic E-state index is 13.2. The van der Waals surface area contributed by atoms with Gasteiger partial charge < -0.3 is 15.2 Å². The van der Waals surface area contributed by atoms with Crippen LogP contribution in [0.3, 0.4) is 0 Å². The SMILES string of the molecule is COc1cc(S(C)(=O)=O)ccc1N(C(=O)O)c1nc2ccc(-c3ccc(NC(=O)[C@H](C)c4ccc(F)cc4)cc3)cn2n1. The average Bonchev–Trinajstić information content (AvgIpc) is 3.39. The zero-order chi connectivity index (χ0) is 30.9. The van der Waals surface area contributed by atoms with Gasteiger partial charge in [-0.1, -0.05) is 24.3 Å². The number of ether oxygens (including phenoxy) is 1. The van der Waals surface area contributed by atoms with Crippen LogP contribution in [0, 0.1) is 5.82 Å². The zero-order valence-corrected chi connectivity index (χ0v) is 24.0. The molecule has 0 radical (unpaired) electrons. The van der Waals surface area contributed by atoms with Gasteiger partial charge in [0.2, 0.25) is 5.91 Å². The summed E-state index contributed by atoms with van der Waals surface area (Å²) in [6, 6.07) is 20.2. The number of hydrogen-bond donors (Lipinski definition) is 2. The molecule has 13 heteroatoms. The van der Waals surface area contributed by atoms with Crippen LogP contribution in [0.15, 0.2) is 90.0 Å². The van der Waals surface area contributed by atoms with Gasteiger partial charge in [0.25, 0.3) is 5.95 Å². The highest BCUT2D eigenvalue weighted by Gasteiger charge is 2.26. The Labute approximate surface area is 246 Å². The molecule has 2 heterocycles. The van der Waals surface area contributed by atoms with Crippen LogP contribution in [0.2, 0.25) is 0 Å². The van der Waals surface area contributed by atoms with Crippen molar-refractivity contribution in [1.29, 1.82) is 0 Å². The van der Waals surface area contributed by atoms with E-state index >= 15 is 0 Å². The highest BCUT2D eigenvalue weighted by atomic mass is 32.2. The van der Waals surface area contributed by atoms with Gasteiger partial charge in [-0.25, -0.2) is 27.0 Å². The predicted octanol–water partition coefficient (Wildman–Crippen LogP) is 5.51. The Kier molecular flexibility index (Phi) is 7.83. The molecule has 0 spiro atoms. The second kappa shape index (κ2) is 11.5. The van der Waals surface area contributed by atoms with E-state index in [1.807, 2.05) is 12.1 Å². The van der Waals surface area contributed by atoms with E-state index in [1.54, 1.807) is 49.5 Å². The molecule has 1 atom stereocenters. The van der Waals surface area contributed by atoms with Crippen molar-refractivity contribution in [3.05, 3.63) is 96.4 Å². The number of fused-ring (bicyclic) bond motifs is 1. The van der Waals surface area contributed by atoms with Gasteiger partial charge in [0, 0.05) is 29.8 Å². The highest BCUT2D eigenvalue weighted by molar-refractivity contribution is 7.90. The van der Waals surface area contributed by atoms with Gasteiger partial charge in [-0.3, -0.25) is 4.79 Å². The molecular weight excluding hydrogens is 577 g/mol. The predicted molar refractivity (Wildman–Crippen MR) is 158 cm³/mol. The number of nitrogens with one attached hydrogen (secondary N) is 1. The summed E-state index contributed by atoms with van der Waals surface area (Å²) in [5, 5.41) is 17.2. The highest BCUT2D eigenvalue weighted by Crippen LogP contribution is 2.35. The van der Waals surface area contributed by atoms with E-state index in [0.29, 0.717) is 16.9 Å². The molecule has 0 saturated carbocycles. The summed E-state index contributed by atoms with van der Waals surface area (Å²) in [6.07, 6.45) is 1.32. The van der Waals surface area contributed by atoms with Crippen LogP contribution in [0.25, 0.3) is 16.8 Å². The summed E-state index contributed by atoms with van der Waals surface area (Å²) in [4.78, 5) is 30.1. The number of carbonyl (C=O) groups is 2. The Morgan fingerprint density at radius 2 is 1.67 bits per heavy atom. The van der Waals surface area contributed by atoms with Gasteiger partial charge in [0.15, 0.2) is 15.5 Å². The van der Waals surface area contributed by atoms with Crippen LogP contribution >= 0.6 is 0 Å². The van der Waals surface area contributed by atoms with Crippen molar-refractivity contribution < 1.29 is 32.2 Å². The molecule has 43 heavy (non-hydrogen) atoms. The molecule has 0 aliphatic rings. The number of pyridine rings is 1. The summed E-state index contributed by atoms with van der Waals surface area (Å²) in [5.74, 6) is -1.23. The lowest BCUT2D eigenvalue weighted by molar-refractivity contribution is -0.117. The lowest BCUT2D eigenvalue weighted by Crippen LogP contribution is -2.25. The van der Waals surface area contributed by atoms with Crippen molar-refractivity contribution in [2.24, 2.45) is 0 Å². The smallest absolute Gasteiger partial charge is 0.419 e. The van der Waals surface area contributed by atoms with Gasteiger partial charge in [-0.05, 0) is 66.6 Å². The normalized spacial score (nSPS) is 12.1. The van der Waals surface area contributed by atoms with E-state index in [4.69, 9.17) is 4.74 Å². The van der Waals surface area contributed by atoms with Gasteiger partial charge in [0.1, 0.15) is 11.6 Å².